The molecular formula is C15H12Cl2N2O5. The molecule has 0 spiro atoms. The molecule has 0 fully saturated rings. The molecule has 0 bridgehead atoms. The molecule has 0 saturated heterocycles. The molecule has 24 heavy (non-hydrogen) atoms. The second kappa shape index (κ2) is 7.37. The lowest BCUT2D eigenvalue weighted by Gasteiger charge is -2.13. The second-order valence-corrected chi connectivity index (χ2v) is 5.38. The number of benzene rings is 2. The first-order valence-corrected chi connectivity index (χ1v) is 7.29. The molecule has 1 N–H and O–H groups in total. The largest absolute Gasteiger partial charge is 0.495 e. The number of nitrogens with one attached hydrogen (secondary N) is 1. The van der Waals surface area contributed by atoms with Crippen molar-refractivity contribution in [3.8, 4) is 11.5 Å². The lowest BCUT2D eigenvalue weighted by molar-refractivity contribution is -0.384. The Morgan fingerprint density at radius 1 is 1.08 bits per heavy atom. The van der Waals surface area contributed by atoms with Gasteiger partial charge in [-0.1, -0.05) is 23.2 Å². The van der Waals surface area contributed by atoms with E-state index in [1.807, 2.05) is 0 Å². The molecule has 0 saturated carbocycles. The van der Waals surface area contributed by atoms with Gasteiger partial charge in [0.15, 0.2) is 0 Å². The van der Waals surface area contributed by atoms with E-state index in [0.717, 1.165) is 6.07 Å². The molecule has 0 atom stereocenters. The van der Waals surface area contributed by atoms with E-state index in [1.54, 1.807) is 0 Å². The van der Waals surface area contributed by atoms with Crippen molar-refractivity contribution in [1.29, 1.82) is 0 Å². The number of carbonyl (C=O) groups is 1. The van der Waals surface area contributed by atoms with Crippen molar-refractivity contribution in [3.63, 3.8) is 0 Å². The summed E-state index contributed by atoms with van der Waals surface area (Å²) < 4.78 is 10.3. The number of methoxy groups -OCH3 is 2. The zero-order valence-electron chi connectivity index (χ0n) is 12.6. The summed E-state index contributed by atoms with van der Waals surface area (Å²) in [6.45, 7) is 0. The van der Waals surface area contributed by atoms with Gasteiger partial charge in [-0.05, 0) is 18.2 Å². The molecule has 0 aromatic heterocycles. The minimum absolute atomic E-state index is 0.0541. The van der Waals surface area contributed by atoms with Crippen molar-refractivity contribution >= 4 is 40.5 Å². The van der Waals surface area contributed by atoms with Gasteiger partial charge in [0.05, 0.1) is 29.9 Å². The second-order valence-electron chi connectivity index (χ2n) is 4.56. The van der Waals surface area contributed by atoms with Gasteiger partial charge >= 0.3 is 0 Å². The highest BCUT2D eigenvalue weighted by atomic mass is 35.5. The third-order valence-corrected chi connectivity index (χ3v) is 3.74. The van der Waals surface area contributed by atoms with Crippen LogP contribution in [0.25, 0.3) is 0 Å². The van der Waals surface area contributed by atoms with Crippen LogP contribution >= 0.6 is 23.2 Å². The average molecular weight is 371 g/mol. The van der Waals surface area contributed by atoms with Crippen LogP contribution in [-0.4, -0.2) is 25.1 Å². The number of ether oxygens (including phenoxy) is 2. The highest BCUT2D eigenvalue weighted by molar-refractivity contribution is 6.33. The minimum atomic E-state index is -0.663. The first kappa shape index (κ1) is 17.8. The summed E-state index contributed by atoms with van der Waals surface area (Å²) >= 11 is 11.8. The zero-order chi connectivity index (χ0) is 17.9. The summed E-state index contributed by atoms with van der Waals surface area (Å²) in [6, 6.07) is 6.73. The van der Waals surface area contributed by atoms with E-state index in [9.17, 15) is 14.9 Å². The first-order chi connectivity index (χ1) is 11.4. The number of anilines is 1. The van der Waals surface area contributed by atoms with Crippen molar-refractivity contribution in [3.05, 3.63) is 56.1 Å². The Hall–Kier alpha value is -2.51. The lowest BCUT2D eigenvalue weighted by atomic mass is 10.1. The van der Waals surface area contributed by atoms with Crippen LogP contribution in [0.1, 0.15) is 10.4 Å². The number of amides is 1. The Bertz CT molecular complexity index is 811. The molecule has 1 amide bonds. The van der Waals surface area contributed by atoms with E-state index < -0.39 is 10.8 Å². The Balaban J connectivity index is 2.35. The molecule has 0 aliphatic carbocycles. The predicted octanol–water partition coefficient (Wildman–Crippen LogP) is 4.17. The van der Waals surface area contributed by atoms with Gasteiger partial charge in [0.2, 0.25) is 0 Å². The van der Waals surface area contributed by atoms with Gasteiger partial charge in [-0.2, -0.15) is 0 Å². The molecule has 7 nitrogen and oxygen atoms in total. The molecule has 0 radical (unpaired) electrons. The fraction of sp³-hybridized carbons (Fsp3) is 0.133. The number of halogens is 2. The molecule has 0 aliphatic rings. The third kappa shape index (κ3) is 3.69. The molecule has 0 unspecified atom stereocenters. The van der Waals surface area contributed by atoms with Gasteiger partial charge < -0.3 is 14.8 Å². The molecule has 0 aliphatic heterocycles. The van der Waals surface area contributed by atoms with Crippen LogP contribution in [0.2, 0.25) is 10.0 Å². The van der Waals surface area contributed by atoms with Gasteiger partial charge in [-0.15, -0.1) is 0 Å². The van der Waals surface area contributed by atoms with E-state index in [-0.39, 0.29) is 21.3 Å². The van der Waals surface area contributed by atoms with Crippen LogP contribution in [0.4, 0.5) is 11.4 Å². The molecule has 2 aromatic rings. The highest BCUT2D eigenvalue weighted by Gasteiger charge is 2.18. The van der Waals surface area contributed by atoms with Gasteiger partial charge in [0.25, 0.3) is 11.6 Å². The van der Waals surface area contributed by atoms with E-state index in [0.29, 0.717) is 17.2 Å². The fourth-order valence-electron chi connectivity index (χ4n) is 1.95. The SMILES string of the molecule is COc1cc(OC)c(NC(=O)c2ccc(Cl)c([N+](=O)[O-])c2)cc1Cl. The topological polar surface area (TPSA) is 90.7 Å². The van der Waals surface area contributed by atoms with Crippen molar-refractivity contribution < 1.29 is 19.2 Å². The van der Waals surface area contributed by atoms with E-state index in [2.05, 4.69) is 5.32 Å². The highest BCUT2D eigenvalue weighted by Crippen LogP contribution is 2.36. The van der Waals surface area contributed by atoms with Gasteiger partial charge in [0.1, 0.15) is 16.5 Å². The molecule has 9 heteroatoms. The predicted molar refractivity (Wildman–Crippen MR) is 90.6 cm³/mol. The van der Waals surface area contributed by atoms with E-state index in [1.165, 1.54) is 38.5 Å². The Kier molecular flexibility index (Phi) is 5.48. The molecule has 126 valence electrons. The van der Waals surface area contributed by atoms with Crippen LogP contribution in [0, 0.1) is 10.1 Å². The minimum Gasteiger partial charge on any atom is -0.495 e. The van der Waals surface area contributed by atoms with Crippen molar-refractivity contribution in [2.45, 2.75) is 0 Å². The van der Waals surface area contributed by atoms with Crippen molar-refractivity contribution in [2.24, 2.45) is 0 Å². The molecule has 0 heterocycles. The summed E-state index contributed by atoms with van der Waals surface area (Å²) in [5.74, 6) is 0.135. The van der Waals surface area contributed by atoms with Crippen LogP contribution in [0.3, 0.4) is 0 Å². The third-order valence-electron chi connectivity index (χ3n) is 3.13. The summed E-state index contributed by atoms with van der Waals surface area (Å²) in [7, 11) is 2.87. The van der Waals surface area contributed by atoms with Gasteiger partial charge in [-0.3, -0.25) is 14.9 Å². The van der Waals surface area contributed by atoms with Gasteiger partial charge in [-0.25, -0.2) is 0 Å². The van der Waals surface area contributed by atoms with Crippen molar-refractivity contribution in [2.75, 3.05) is 19.5 Å². The quantitative estimate of drug-likeness (QED) is 0.629. The maximum atomic E-state index is 12.3. The molecular weight excluding hydrogens is 359 g/mol. The maximum Gasteiger partial charge on any atom is 0.288 e. The standard InChI is InChI=1S/C15H12Cl2N2O5/c1-23-13-7-14(24-2)11(6-10(13)17)18-15(20)8-3-4-9(16)12(5-8)19(21)22/h3-7H,1-2H3,(H,18,20). The Labute approximate surface area is 147 Å². The summed E-state index contributed by atoms with van der Waals surface area (Å²) in [5, 5.41) is 13.7. The van der Waals surface area contributed by atoms with Crippen LogP contribution in [0.5, 0.6) is 11.5 Å². The number of nitro groups is 1. The molecule has 2 aromatic carbocycles. The number of rotatable bonds is 5. The average Bonchev–Trinajstić information content (AvgIpc) is 2.55. The number of nitrogens with zero attached hydrogens (tertiary/aromatic N) is 1. The Morgan fingerprint density at radius 3 is 2.33 bits per heavy atom. The fourth-order valence-corrected chi connectivity index (χ4v) is 2.37. The monoisotopic (exact) mass is 370 g/mol. The van der Waals surface area contributed by atoms with Gasteiger partial charge in [0, 0.05) is 17.7 Å². The molecule has 2 rings (SSSR count). The summed E-state index contributed by atoms with van der Waals surface area (Å²) in [6.07, 6.45) is 0. The number of nitro benzene ring substituents is 1. The number of hydrogen-bond donors (Lipinski definition) is 1. The summed E-state index contributed by atoms with van der Waals surface area (Å²) in [5.41, 5.74) is 0.00930. The van der Waals surface area contributed by atoms with Crippen LogP contribution < -0.4 is 14.8 Å². The van der Waals surface area contributed by atoms with E-state index in [4.69, 9.17) is 32.7 Å². The van der Waals surface area contributed by atoms with E-state index >= 15 is 0 Å². The van der Waals surface area contributed by atoms with Crippen molar-refractivity contribution in [1.82, 2.24) is 0 Å². The zero-order valence-corrected chi connectivity index (χ0v) is 14.1. The normalized spacial score (nSPS) is 10.2. The lowest BCUT2D eigenvalue weighted by Crippen LogP contribution is -2.13. The number of carbonyl (C=O) groups excluding carboxylic acids is 1. The first-order valence-electron chi connectivity index (χ1n) is 6.54. The maximum absolute atomic E-state index is 12.3. The van der Waals surface area contributed by atoms with Crippen LogP contribution in [0.15, 0.2) is 30.3 Å². The summed E-state index contributed by atoms with van der Waals surface area (Å²) in [4.78, 5) is 22.6. The Morgan fingerprint density at radius 2 is 1.75 bits per heavy atom. The smallest absolute Gasteiger partial charge is 0.288 e. The van der Waals surface area contributed by atoms with Crippen LogP contribution in [-0.2, 0) is 0 Å². The number of hydrogen-bond acceptors (Lipinski definition) is 5.